The maximum atomic E-state index is 11.3. The topological polar surface area (TPSA) is 127 Å². The van der Waals surface area contributed by atoms with Gasteiger partial charge in [-0.25, -0.2) is 18.5 Å². The molecule has 9 heteroatoms. The van der Waals surface area contributed by atoms with Crippen molar-refractivity contribution in [2.75, 3.05) is 5.32 Å². The Labute approximate surface area is 157 Å². The summed E-state index contributed by atoms with van der Waals surface area (Å²) in [5.74, 6) is 1.29. The molecule has 0 radical (unpaired) electrons. The minimum Gasteiger partial charge on any atom is -0.471 e. The van der Waals surface area contributed by atoms with Crippen LogP contribution in [0.15, 0.2) is 35.4 Å². The van der Waals surface area contributed by atoms with Gasteiger partial charge in [-0.2, -0.15) is 4.98 Å². The van der Waals surface area contributed by atoms with Gasteiger partial charge in [0.15, 0.2) is 0 Å². The first-order chi connectivity index (χ1) is 12.9. The number of sulfonamides is 1. The summed E-state index contributed by atoms with van der Waals surface area (Å²) >= 11 is 0. The van der Waals surface area contributed by atoms with E-state index in [0.717, 1.165) is 37.7 Å². The van der Waals surface area contributed by atoms with E-state index < -0.39 is 16.1 Å². The molecule has 144 valence electrons. The molecule has 2 aromatic rings. The van der Waals surface area contributed by atoms with E-state index in [1.165, 1.54) is 12.1 Å². The van der Waals surface area contributed by atoms with Gasteiger partial charge in [0.1, 0.15) is 6.10 Å². The number of aliphatic hydroxyl groups is 1. The predicted molar refractivity (Wildman–Crippen MR) is 99.4 cm³/mol. The highest BCUT2D eigenvalue weighted by atomic mass is 32.2. The number of primary sulfonamides is 1. The molecule has 2 atom stereocenters. The smallest absolute Gasteiger partial charge is 0.238 e. The standard InChI is InChI=1S/C18H22N4O4S/c19-27(24,25)13-8-6-12(7-9-13)21-18-20-10-14(11-4-5-11)17(22-18)26-16-3-1-2-15(16)23/h6-11,15-16,23H,1-5H2,(H2,19,24,25)(H,20,21,22). The molecule has 2 aliphatic carbocycles. The average Bonchev–Trinajstić information content (AvgIpc) is 3.38. The number of ether oxygens (including phenoxy) is 1. The third kappa shape index (κ3) is 4.20. The first-order valence-corrected chi connectivity index (χ1v) is 10.6. The maximum absolute atomic E-state index is 11.3. The lowest BCUT2D eigenvalue weighted by molar-refractivity contribution is 0.0567. The molecule has 4 N–H and O–H groups in total. The molecule has 2 fully saturated rings. The highest BCUT2D eigenvalue weighted by Crippen LogP contribution is 2.44. The molecule has 1 heterocycles. The number of rotatable bonds is 6. The number of hydrogen-bond acceptors (Lipinski definition) is 7. The van der Waals surface area contributed by atoms with Crippen LogP contribution in [0.5, 0.6) is 5.88 Å². The summed E-state index contributed by atoms with van der Waals surface area (Å²) in [4.78, 5) is 8.89. The Balaban J connectivity index is 1.55. The molecule has 1 aromatic carbocycles. The van der Waals surface area contributed by atoms with E-state index in [1.807, 2.05) is 0 Å². The number of anilines is 2. The van der Waals surface area contributed by atoms with Gasteiger partial charge >= 0.3 is 0 Å². The second-order valence-electron chi connectivity index (χ2n) is 7.08. The van der Waals surface area contributed by atoms with Crippen LogP contribution >= 0.6 is 0 Å². The third-order valence-corrected chi connectivity index (χ3v) is 5.85. The van der Waals surface area contributed by atoms with Crippen LogP contribution in [0.1, 0.15) is 43.6 Å². The van der Waals surface area contributed by atoms with Crippen LogP contribution in [-0.2, 0) is 10.0 Å². The van der Waals surface area contributed by atoms with Gasteiger partial charge in [-0.05, 0) is 62.3 Å². The van der Waals surface area contributed by atoms with E-state index in [0.29, 0.717) is 23.4 Å². The van der Waals surface area contributed by atoms with Crippen LogP contribution in [0.4, 0.5) is 11.6 Å². The van der Waals surface area contributed by atoms with Gasteiger partial charge in [0.2, 0.25) is 21.9 Å². The van der Waals surface area contributed by atoms with Crippen molar-refractivity contribution < 1.29 is 18.3 Å². The Kier molecular flexibility index (Phi) is 4.75. The molecule has 2 aliphatic rings. The van der Waals surface area contributed by atoms with Gasteiger partial charge in [0.05, 0.1) is 11.0 Å². The number of hydrogen-bond donors (Lipinski definition) is 3. The van der Waals surface area contributed by atoms with Crippen LogP contribution < -0.4 is 15.2 Å². The Morgan fingerprint density at radius 3 is 2.48 bits per heavy atom. The van der Waals surface area contributed by atoms with Crippen LogP contribution in [0.25, 0.3) is 0 Å². The van der Waals surface area contributed by atoms with Crippen LogP contribution in [0.3, 0.4) is 0 Å². The molecular formula is C18H22N4O4S. The summed E-state index contributed by atoms with van der Waals surface area (Å²) in [6.07, 6.45) is 5.75. The monoisotopic (exact) mass is 390 g/mol. The van der Waals surface area contributed by atoms with Crippen molar-refractivity contribution >= 4 is 21.7 Å². The average molecular weight is 390 g/mol. The Hall–Kier alpha value is -2.23. The molecule has 1 aromatic heterocycles. The van der Waals surface area contributed by atoms with Crippen molar-refractivity contribution in [1.82, 2.24) is 9.97 Å². The van der Waals surface area contributed by atoms with Crippen LogP contribution in [0, 0.1) is 0 Å². The SMILES string of the molecule is NS(=O)(=O)c1ccc(Nc2ncc(C3CC3)c(OC3CCCC3O)n2)cc1. The molecule has 8 nitrogen and oxygen atoms in total. The Morgan fingerprint density at radius 2 is 1.89 bits per heavy atom. The molecule has 0 bridgehead atoms. The molecular weight excluding hydrogens is 368 g/mol. The largest absolute Gasteiger partial charge is 0.471 e. The fourth-order valence-electron chi connectivity index (χ4n) is 3.25. The lowest BCUT2D eigenvalue weighted by Gasteiger charge is -2.19. The van der Waals surface area contributed by atoms with Crippen LogP contribution in [0.2, 0.25) is 0 Å². The van der Waals surface area contributed by atoms with Gasteiger partial charge in [-0.1, -0.05) is 0 Å². The third-order valence-electron chi connectivity index (χ3n) is 4.92. The number of nitrogens with zero attached hydrogens (tertiary/aromatic N) is 2. The first-order valence-electron chi connectivity index (χ1n) is 9.02. The predicted octanol–water partition coefficient (Wildman–Crippen LogP) is 2.04. The lowest BCUT2D eigenvalue weighted by Crippen LogP contribution is -2.26. The summed E-state index contributed by atoms with van der Waals surface area (Å²) in [5.41, 5.74) is 1.61. The number of nitrogens with two attached hydrogens (primary N) is 1. The van der Waals surface area contributed by atoms with E-state index in [-0.39, 0.29) is 11.0 Å². The minimum absolute atomic E-state index is 0.0392. The van der Waals surface area contributed by atoms with Crippen molar-refractivity contribution in [2.45, 2.75) is 55.1 Å². The summed E-state index contributed by atoms with van der Waals surface area (Å²) in [6, 6.07) is 6.03. The quantitative estimate of drug-likeness (QED) is 0.688. The molecule has 0 spiro atoms. The molecule has 2 saturated carbocycles. The van der Waals surface area contributed by atoms with Gasteiger partial charge in [-0.3, -0.25) is 0 Å². The maximum Gasteiger partial charge on any atom is 0.238 e. The molecule has 0 amide bonds. The summed E-state index contributed by atoms with van der Waals surface area (Å²) in [6.45, 7) is 0. The highest BCUT2D eigenvalue weighted by molar-refractivity contribution is 7.89. The number of benzene rings is 1. The van der Waals surface area contributed by atoms with Crippen molar-refractivity contribution in [3.63, 3.8) is 0 Å². The number of aromatic nitrogens is 2. The fraction of sp³-hybridized carbons (Fsp3) is 0.444. The number of aliphatic hydroxyl groups excluding tert-OH is 1. The molecule has 0 aliphatic heterocycles. The highest BCUT2D eigenvalue weighted by Gasteiger charge is 2.32. The van der Waals surface area contributed by atoms with Gasteiger partial charge in [-0.15, -0.1) is 0 Å². The van der Waals surface area contributed by atoms with E-state index in [2.05, 4.69) is 15.3 Å². The molecule has 0 saturated heterocycles. The van der Waals surface area contributed by atoms with Crippen molar-refractivity contribution in [3.05, 3.63) is 36.0 Å². The van der Waals surface area contributed by atoms with Crippen LogP contribution in [-0.4, -0.2) is 35.7 Å². The van der Waals surface area contributed by atoms with Crippen molar-refractivity contribution in [3.8, 4) is 5.88 Å². The van der Waals surface area contributed by atoms with Gasteiger partial charge < -0.3 is 15.2 Å². The Morgan fingerprint density at radius 1 is 1.15 bits per heavy atom. The van der Waals surface area contributed by atoms with E-state index in [1.54, 1.807) is 18.3 Å². The van der Waals surface area contributed by atoms with E-state index >= 15 is 0 Å². The fourth-order valence-corrected chi connectivity index (χ4v) is 3.76. The molecule has 2 unspecified atom stereocenters. The summed E-state index contributed by atoms with van der Waals surface area (Å²) in [7, 11) is -3.73. The molecule has 27 heavy (non-hydrogen) atoms. The van der Waals surface area contributed by atoms with E-state index in [4.69, 9.17) is 9.88 Å². The first kappa shape index (κ1) is 18.1. The number of nitrogens with one attached hydrogen (secondary N) is 1. The van der Waals surface area contributed by atoms with Crippen molar-refractivity contribution in [2.24, 2.45) is 5.14 Å². The zero-order valence-electron chi connectivity index (χ0n) is 14.7. The zero-order valence-corrected chi connectivity index (χ0v) is 15.5. The minimum atomic E-state index is -3.73. The summed E-state index contributed by atoms with van der Waals surface area (Å²) in [5, 5.41) is 18.2. The van der Waals surface area contributed by atoms with Gasteiger partial charge in [0.25, 0.3) is 0 Å². The molecule has 4 rings (SSSR count). The second kappa shape index (κ2) is 7.06. The zero-order chi connectivity index (χ0) is 19.0. The van der Waals surface area contributed by atoms with Gasteiger partial charge in [0, 0.05) is 17.4 Å². The lowest BCUT2D eigenvalue weighted by atomic mass is 10.2. The normalized spacial score (nSPS) is 22.6. The van der Waals surface area contributed by atoms with Crippen molar-refractivity contribution in [1.29, 1.82) is 0 Å². The van der Waals surface area contributed by atoms with E-state index in [9.17, 15) is 13.5 Å². The Bertz CT molecular complexity index is 929. The second-order valence-corrected chi connectivity index (χ2v) is 8.64. The summed E-state index contributed by atoms with van der Waals surface area (Å²) < 4.78 is 28.7.